The minimum atomic E-state index is -0.314. The fourth-order valence-electron chi connectivity index (χ4n) is 4.13. The van der Waals surface area contributed by atoms with Crippen LogP contribution in [0.25, 0.3) is 5.69 Å². The van der Waals surface area contributed by atoms with E-state index >= 15 is 0 Å². The van der Waals surface area contributed by atoms with E-state index in [1.165, 1.54) is 6.07 Å². The average molecular weight is 435 g/mol. The number of rotatable bonds is 7. The lowest BCUT2D eigenvalue weighted by molar-refractivity contribution is -0.121. The lowest BCUT2D eigenvalue weighted by atomic mass is 9.92. The summed E-state index contributed by atoms with van der Waals surface area (Å²) in [6.45, 7) is 1.56. The van der Waals surface area contributed by atoms with Crippen LogP contribution in [0.2, 0.25) is 0 Å². The molecule has 166 valence electrons. The van der Waals surface area contributed by atoms with Gasteiger partial charge in [0.1, 0.15) is 5.82 Å². The number of amides is 2. The molecule has 0 saturated carbocycles. The SMILES string of the molecule is O=C(CCC1CCCN(C(=O)c2cccc(-n3cccn3)c2)C1)NCc1ccccc1F. The lowest BCUT2D eigenvalue weighted by Gasteiger charge is -2.33. The van der Waals surface area contributed by atoms with Crippen LogP contribution in [-0.2, 0) is 11.3 Å². The minimum Gasteiger partial charge on any atom is -0.352 e. The fraction of sp³-hybridized carbons (Fsp3) is 0.320. The van der Waals surface area contributed by atoms with Gasteiger partial charge in [0.25, 0.3) is 5.91 Å². The highest BCUT2D eigenvalue weighted by Crippen LogP contribution is 2.23. The maximum atomic E-state index is 13.7. The standard InChI is InChI=1S/C25H27FN4O2/c26-23-10-2-1-7-21(23)17-27-24(31)12-11-19-6-4-14-29(18-19)25(32)20-8-3-9-22(16-20)30-15-5-13-28-30/h1-3,5,7-10,13,15-16,19H,4,6,11-12,14,17-18H2,(H,27,31). The average Bonchev–Trinajstić information content (AvgIpc) is 3.37. The van der Waals surface area contributed by atoms with Crippen molar-refractivity contribution >= 4 is 11.8 Å². The number of halogens is 1. The Kier molecular flexibility index (Phi) is 6.94. The number of hydrogen-bond acceptors (Lipinski definition) is 3. The van der Waals surface area contributed by atoms with Crippen LogP contribution in [0.1, 0.15) is 41.6 Å². The van der Waals surface area contributed by atoms with Crippen LogP contribution >= 0.6 is 0 Å². The Labute approximate surface area is 187 Å². The first-order chi connectivity index (χ1) is 15.6. The molecule has 1 saturated heterocycles. The number of likely N-dealkylation sites (tertiary alicyclic amines) is 1. The Bertz CT molecular complexity index is 1070. The van der Waals surface area contributed by atoms with E-state index in [2.05, 4.69) is 10.4 Å². The summed E-state index contributed by atoms with van der Waals surface area (Å²) in [7, 11) is 0. The van der Waals surface area contributed by atoms with Crippen LogP contribution in [0.15, 0.2) is 67.0 Å². The molecular formula is C25H27FN4O2. The molecule has 0 bridgehead atoms. The minimum absolute atomic E-state index is 0.00714. The van der Waals surface area contributed by atoms with Gasteiger partial charge in [-0.1, -0.05) is 24.3 Å². The second kappa shape index (κ2) is 10.2. The Morgan fingerprint density at radius 2 is 2.00 bits per heavy atom. The van der Waals surface area contributed by atoms with Crippen molar-refractivity contribution in [1.29, 1.82) is 0 Å². The number of piperidine rings is 1. The number of carbonyl (C=O) groups is 2. The summed E-state index contributed by atoms with van der Waals surface area (Å²) in [5, 5.41) is 7.02. The zero-order valence-electron chi connectivity index (χ0n) is 17.9. The maximum Gasteiger partial charge on any atom is 0.253 e. The molecule has 1 fully saturated rings. The maximum absolute atomic E-state index is 13.7. The normalized spacial score (nSPS) is 16.0. The van der Waals surface area contributed by atoms with E-state index in [0.29, 0.717) is 30.5 Å². The molecule has 7 heteroatoms. The highest BCUT2D eigenvalue weighted by Gasteiger charge is 2.25. The summed E-state index contributed by atoms with van der Waals surface area (Å²) in [6, 6.07) is 15.8. The van der Waals surface area contributed by atoms with Crippen molar-refractivity contribution < 1.29 is 14.0 Å². The van der Waals surface area contributed by atoms with Gasteiger partial charge in [-0.3, -0.25) is 9.59 Å². The van der Waals surface area contributed by atoms with Gasteiger partial charge in [0, 0.05) is 49.6 Å². The molecule has 4 rings (SSSR count). The lowest BCUT2D eigenvalue weighted by Crippen LogP contribution is -2.40. The van der Waals surface area contributed by atoms with Gasteiger partial charge < -0.3 is 10.2 Å². The third kappa shape index (κ3) is 5.41. The molecule has 1 unspecified atom stereocenters. The van der Waals surface area contributed by atoms with Crippen LogP contribution < -0.4 is 5.32 Å². The molecule has 2 amide bonds. The third-order valence-corrected chi connectivity index (χ3v) is 5.88. The molecule has 0 radical (unpaired) electrons. The third-order valence-electron chi connectivity index (χ3n) is 5.88. The first-order valence-electron chi connectivity index (χ1n) is 11.0. The summed E-state index contributed by atoms with van der Waals surface area (Å²) in [5.74, 6) is -0.122. The number of aromatic nitrogens is 2. The van der Waals surface area contributed by atoms with Crippen LogP contribution in [0.3, 0.4) is 0 Å². The van der Waals surface area contributed by atoms with E-state index in [9.17, 15) is 14.0 Å². The molecule has 1 N–H and O–H groups in total. The van der Waals surface area contributed by atoms with Crippen LogP contribution in [0, 0.1) is 11.7 Å². The second-order valence-corrected chi connectivity index (χ2v) is 8.17. The molecule has 1 atom stereocenters. The molecule has 0 spiro atoms. The summed E-state index contributed by atoms with van der Waals surface area (Å²) in [5.41, 5.74) is 1.97. The quantitative estimate of drug-likeness (QED) is 0.612. The molecule has 6 nitrogen and oxygen atoms in total. The van der Waals surface area contributed by atoms with Crippen LogP contribution in [-0.4, -0.2) is 39.6 Å². The van der Waals surface area contributed by atoms with Gasteiger partial charge in [0.2, 0.25) is 5.91 Å². The Morgan fingerprint density at radius 3 is 2.81 bits per heavy atom. The summed E-state index contributed by atoms with van der Waals surface area (Å²) in [4.78, 5) is 27.2. The molecule has 32 heavy (non-hydrogen) atoms. The Balaban J connectivity index is 1.29. The van der Waals surface area contributed by atoms with Crippen molar-refractivity contribution in [2.45, 2.75) is 32.2 Å². The van der Waals surface area contributed by atoms with Gasteiger partial charge in [-0.05, 0) is 55.5 Å². The first kappa shape index (κ1) is 21.7. The van der Waals surface area contributed by atoms with Gasteiger partial charge in [0.05, 0.1) is 5.69 Å². The zero-order chi connectivity index (χ0) is 22.3. The fourth-order valence-corrected chi connectivity index (χ4v) is 4.13. The van der Waals surface area contributed by atoms with Gasteiger partial charge in [-0.2, -0.15) is 5.10 Å². The number of nitrogens with zero attached hydrogens (tertiary/aromatic N) is 3. The largest absolute Gasteiger partial charge is 0.352 e. The topological polar surface area (TPSA) is 67.2 Å². The van der Waals surface area contributed by atoms with Crippen molar-refractivity contribution in [3.63, 3.8) is 0 Å². The number of carbonyl (C=O) groups excluding carboxylic acids is 2. The van der Waals surface area contributed by atoms with Gasteiger partial charge >= 0.3 is 0 Å². The van der Waals surface area contributed by atoms with Crippen molar-refractivity contribution in [1.82, 2.24) is 20.0 Å². The first-order valence-corrected chi connectivity index (χ1v) is 11.0. The molecule has 1 aliphatic rings. The van der Waals surface area contributed by atoms with E-state index in [1.807, 2.05) is 41.4 Å². The van der Waals surface area contributed by atoms with Gasteiger partial charge in [-0.15, -0.1) is 0 Å². The predicted molar refractivity (Wildman–Crippen MR) is 120 cm³/mol. The highest BCUT2D eigenvalue weighted by atomic mass is 19.1. The monoisotopic (exact) mass is 434 g/mol. The smallest absolute Gasteiger partial charge is 0.253 e. The van der Waals surface area contributed by atoms with E-state index in [4.69, 9.17) is 0 Å². The van der Waals surface area contributed by atoms with Crippen LogP contribution in [0.4, 0.5) is 4.39 Å². The molecule has 1 aromatic heterocycles. The molecule has 2 heterocycles. The van der Waals surface area contributed by atoms with Gasteiger partial charge in [0.15, 0.2) is 0 Å². The van der Waals surface area contributed by atoms with E-state index in [1.54, 1.807) is 29.1 Å². The summed E-state index contributed by atoms with van der Waals surface area (Å²) < 4.78 is 15.4. The zero-order valence-corrected chi connectivity index (χ0v) is 17.9. The number of nitrogens with one attached hydrogen (secondary N) is 1. The van der Waals surface area contributed by atoms with Crippen LogP contribution in [0.5, 0.6) is 0 Å². The highest BCUT2D eigenvalue weighted by molar-refractivity contribution is 5.94. The summed E-state index contributed by atoms with van der Waals surface area (Å²) >= 11 is 0. The predicted octanol–water partition coefficient (Wildman–Crippen LogP) is 3.96. The molecule has 3 aromatic rings. The number of hydrogen-bond donors (Lipinski definition) is 1. The van der Waals surface area contributed by atoms with Crippen molar-refractivity contribution in [3.05, 3.63) is 83.9 Å². The van der Waals surface area contributed by atoms with Crippen molar-refractivity contribution in [2.75, 3.05) is 13.1 Å². The number of benzene rings is 2. The van der Waals surface area contributed by atoms with Crippen molar-refractivity contribution in [3.8, 4) is 5.69 Å². The van der Waals surface area contributed by atoms with Crippen molar-refractivity contribution in [2.24, 2.45) is 5.92 Å². The Hall–Kier alpha value is -3.48. The molecule has 1 aliphatic heterocycles. The molecule has 2 aromatic carbocycles. The molecular weight excluding hydrogens is 407 g/mol. The summed E-state index contributed by atoms with van der Waals surface area (Å²) in [6.07, 6.45) is 6.55. The molecule has 0 aliphatic carbocycles. The van der Waals surface area contributed by atoms with E-state index < -0.39 is 0 Å². The Morgan fingerprint density at radius 1 is 1.12 bits per heavy atom. The van der Waals surface area contributed by atoms with E-state index in [0.717, 1.165) is 25.1 Å². The van der Waals surface area contributed by atoms with E-state index in [-0.39, 0.29) is 30.1 Å². The van der Waals surface area contributed by atoms with Gasteiger partial charge in [-0.25, -0.2) is 9.07 Å². The second-order valence-electron chi connectivity index (χ2n) is 8.17.